The van der Waals surface area contributed by atoms with Crippen molar-refractivity contribution in [2.24, 2.45) is 0 Å². The van der Waals surface area contributed by atoms with Crippen LogP contribution in [0.4, 0.5) is 0 Å². The van der Waals surface area contributed by atoms with E-state index in [1.165, 1.54) is 96.3 Å². The van der Waals surface area contributed by atoms with Gasteiger partial charge in [-0.2, -0.15) is 5.06 Å². The zero-order valence-electron chi connectivity index (χ0n) is 29.6. The molecule has 1 N–H and O–H groups in total. The maximum atomic E-state index is 12.0. The zero-order chi connectivity index (χ0) is 31.7. The smallest absolute Gasteiger partial charge is 0.209 e. The zero-order valence-corrected chi connectivity index (χ0v) is 29.6. The summed E-state index contributed by atoms with van der Waals surface area (Å²) in [5, 5.41) is 5.59. The first-order chi connectivity index (χ1) is 20.5. The van der Waals surface area contributed by atoms with Gasteiger partial charge >= 0.3 is 0 Å². The number of hydrogen-bond acceptors (Lipinski definition) is 4. The summed E-state index contributed by atoms with van der Waals surface area (Å²) in [6, 6.07) is 0. The molecule has 5 nitrogen and oxygen atoms in total. The second-order valence-corrected chi connectivity index (χ2v) is 15.6. The molecule has 5 heteroatoms. The minimum atomic E-state index is -0.587. The van der Waals surface area contributed by atoms with E-state index in [9.17, 15) is 4.79 Å². The number of hydroxylamine groups is 2. The molecule has 1 saturated heterocycles. The van der Waals surface area contributed by atoms with Gasteiger partial charge in [0.05, 0.1) is 11.7 Å². The number of unbranched alkanes of at least 4 members (excludes halogenated alkanes) is 7. The first-order valence-corrected chi connectivity index (χ1v) is 18.5. The fourth-order valence-electron chi connectivity index (χ4n) is 8.46. The molecule has 2 aliphatic rings. The molecule has 1 saturated carbocycles. The number of hydrogen-bond donors (Lipinski definition) is 1. The van der Waals surface area contributed by atoms with E-state index in [-0.39, 0.29) is 22.8 Å². The predicted octanol–water partition coefficient (Wildman–Crippen LogP) is 11.0. The summed E-state index contributed by atoms with van der Waals surface area (Å²) in [5.74, 6) is 0. The van der Waals surface area contributed by atoms with Gasteiger partial charge in [0, 0.05) is 11.1 Å². The highest BCUT2D eigenvalue weighted by Crippen LogP contribution is 2.48. The normalized spacial score (nSPS) is 23.4. The highest BCUT2D eigenvalue weighted by molar-refractivity contribution is 5.47. The minimum Gasteiger partial charge on any atom is -0.349 e. The molecule has 1 aliphatic heterocycles. The summed E-state index contributed by atoms with van der Waals surface area (Å²) < 4.78 is 7.25. The number of amides is 1. The Hall–Kier alpha value is -0.910. The van der Waals surface area contributed by atoms with Gasteiger partial charge in [-0.1, -0.05) is 103 Å². The van der Waals surface area contributed by atoms with Crippen molar-refractivity contribution in [1.29, 1.82) is 0 Å². The molecule has 1 aliphatic carbocycles. The maximum Gasteiger partial charge on any atom is 0.209 e. The van der Waals surface area contributed by atoms with E-state index in [0.29, 0.717) is 0 Å². The van der Waals surface area contributed by atoms with Crippen LogP contribution in [0.25, 0.3) is 0 Å². The molecule has 0 aromatic heterocycles. The van der Waals surface area contributed by atoms with Gasteiger partial charge in [-0.3, -0.25) is 9.63 Å². The molecule has 0 aromatic carbocycles. The van der Waals surface area contributed by atoms with Gasteiger partial charge in [0.25, 0.3) is 0 Å². The largest absolute Gasteiger partial charge is 0.349 e. The van der Waals surface area contributed by atoms with Crippen molar-refractivity contribution >= 4 is 6.41 Å². The van der Waals surface area contributed by atoms with Gasteiger partial charge in [0.1, 0.15) is 5.72 Å². The molecule has 0 spiro atoms. The number of nitrogens with zero attached hydrogens (tertiary/aromatic N) is 1. The van der Waals surface area contributed by atoms with Gasteiger partial charge in [0.15, 0.2) is 0 Å². The second kappa shape index (κ2) is 19.6. The lowest BCUT2D eigenvalue weighted by Crippen LogP contribution is -2.67. The molecule has 2 rings (SSSR count). The summed E-state index contributed by atoms with van der Waals surface area (Å²) in [7, 11) is 0. The molecule has 2 fully saturated rings. The van der Waals surface area contributed by atoms with Gasteiger partial charge < -0.3 is 10.1 Å². The van der Waals surface area contributed by atoms with E-state index in [4.69, 9.17) is 9.57 Å². The molecular weight excluding hydrogens is 532 g/mol. The number of piperidine rings is 1. The molecule has 1 heterocycles. The fourth-order valence-corrected chi connectivity index (χ4v) is 8.46. The average molecular weight is 605 g/mol. The van der Waals surface area contributed by atoms with Crippen molar-refractivity contribution < 1.29 is 14.4 Å². The summed E-state index contributed by atoms with van der Waals surface area (Å²) >= 11 is 0. The first kappa shape index (κ1) is 38.3. The number of allylic oxidation sites excluding steroid dienone is 1. The first-order valence-electron chi connectivity index (χ1n) is 18.5. The molecular formula is C38H72N2O3. The maximum absolute atomic E-state index is 12.0. The van der Waals surface area contributed by atoms with Crippen molar-refractivity contribution in [3.8, 4) is 0 Å². The van der Waals surface area contributed by atoms with E-state index in [1.54, 1.807) is 0 Å². The van der Waals surface area contributed by atoms with Gasteiger partial charge in [-0.15, -0.1) is 6.58 Å². The van der Waals surface area contributed by atoms with Crippen LogP contribution in [0, 0.1) is 0 Å². The lowest BCUT2D eigenvalue weighted by molar-refractivity contribution is -0.338. The third kappa shape index (κ3) is 13.9. The summed E-state index contributed by atoms with van der Waals surface area (Å²) in [6.07, 6.45) is 31.5. The second-order valence-electron chi connectivity index (χ2n) is 15.6. The minimum absolute atomic E-state index is 0.204. The summed E-state index contributed by atoms with van der Waals surface area (Å²) in [4.78, 5) is 19.0. The Morgan fingerprint density at radius 2 is 1.23 bits per heavy atom. The standard InChI is InChI=1S/C38H72N2O3/c1-8-10-12-14-20-24-28-34(27-23-13-11-9-2)42-40-35(3,4)31-37(7,32-36(40,5)6)43-38(39-33-41)29-25-21-18-16-15-17-19-22-26-30-38/h9,33-34H,2,8,10-32H2,1,3-7H3,(H,39,41). The van der Waals surface area contributed by atoms with E-state index in [2.05, 4.69) is 58.5 Å². The Labute approximate surface area is 267 Å². The lowest BCUT2D eigenvalue weighted by atomic mass is 9.72. The number of nitrogens with one attached hydrogen (secondary N) is 1. The van der Waals surface area contributed by atoms with Crippen LogP contribution in [0.1, 0.15) is 196 Å². The highest BCUT2D eigenvalue weighted by Gasteiger charge is 2.54. The van der Waals surface area contributed by atoms with Crippen molar-refractivity contribution in [3.05, 3.63) is 12.7 Å². The van der Waals surface area contributed by atoms with Crippen LogP contribution in [-0.4, -0.2) is 40.0 Å². The molecule has 0 aromatic rings. The predicted molar refractivity (Wildman–Crippen MR) is 183 cm³/mol. The van der Waals surface area contributed by atoms with Crippen LogP contribution in [0.15, 0.2) is 12.7 Å². The van der Waals surface area contributed by atoms with E-state index < -0.39 is 5.72 Å². The van der Waals surface area contributed by atoms with Crippen molar-refractivity contribution in [3.63, 3.8) is 0 Å². The van der Waals surface area contributed by atoms with Crippen LogP contribution >= 0.6 is 0 Å². The van der Waals surface area contributed by atoms with Crippen LogP contribution < -0.4 is 5.32 Å². The fraction of sp³-hybridized carbons (Fsp3) is 0.921. The van der Waals surface area contributed by atoms with Crippen molar-refractivity contribution in [2.75, 3.05) is 0 Å². The van der Waals surface area contributed by atoms with E-state index in [1.807, 2.05) is 6.08 Å². The summed E-state index contributed by atoms with van der Waals surface area (Å²) in [6.45, 7) is 17.8. The molecule has 43 heavy (non-hydrogen) atoms. The van der Waals surface area contributed by atoms with Crippen LogP contribution in [-0.2, 0) is 14.4 Å². The Morgan fingerprint density at radius 1 is 0.744 bits per heavy atom. The molecule has 0 radical (unpaired) electrons. The molecule has 1 atom stereocenters. The Balaban J connectivity index is 2.17. The SMILES string of the molecule is C=CCCCCC(CCCCCCCC)ON1C(C)(C)CC(C)(OC2(NC=O)CCCCCCCCCCC2)CC1(C)C. The van der Waals surface area contributed by atoms with Crippen molar-refractivity contribution in [2.45, 2.75) is 224 Å². The lowest BCUT2D eigenvalue weighted by Gasteiger charge is -2.59. The third-order valence-electron chi connectivity index (χ3n) is 9.96. The Morgan fingerprint density at radius 3 is 1.74 bits per heavy atom. The molecule has 1 amide bonds. The number of rotatable bonds is 18. The van der Waals surface area contributed by atoms with E-state index in [0.717, 1.165) is 64.2 Å². The van der Waals surface area contributed by atoms with Gasteiger partial charge in [-0.05, 0) is 98.8 Å². The van der Waals surface area contributed by atoms with Gasteiger partial charge in [0.2, 0.25) is 6.41 Å². The quantitative estimate of drug-likeness (QED) is 0.0732. The van der Waals surface area contributed by atoms with E-state index >= 15 is 0 Å². The van der Waals surface area contributed by atoms with Crippen molar-refractivity contribution in [1.82, 2.24) is 10.4 Å². The Kier molecular flexibility index (Phi) is 17.4. The van der Waals surface area contributed by atoms with Crippen LogP contribution in [0.3, 0.4) is 0 Å². The topological polar surface area (TPSA) is 50.8 Å². The third-order valence-corrected chi connectivity index (χ3v) is 9.96. The monoisotopic (exact) mass is 605 g/mol. The number of carbonyl (C=O) groups is 1. The van der Waals surface area contributed by atoms with Crippen LogP contribution in [0.5, 0.6) is 0 Å². The Bertz CT molecular complexity index is 734. The highest BCUT2D eigenvalue weighted by atomic mass is 16.7. The van der Waals surface area contributed by atoms with Crippen LogP contribution in [0.2, 0.25) is 0 Å². The average Bonchev–Trinajstić information content (AvgIpc) is 2.91. The van der Waals surface area contributed by atoms with Gasteiger partial charge in [-0.25, -0.2) is 0 Å². The molecule has 1 unspecified atom stereocenters. The number of carbonyl (C=O) groups excluding carboxylic acids is 1. The molecule has 252 valence electrons. The molecule has 0 bridgehead atoms. The summed E-state index contributed by atoms with van der Waals surface area (Å²) in [5.41, 5.74) is -1.36. The number of ether oxygens (including phenoxy) is 1.